The minimum absolute atomic E-state index is 0.104. The normalized spacial score (nSPS) is 11.6. The van der Waals surface area contributed by atoms with Gasteiger partial charge in [-0.2, -0.15) is 0 Å². The second kappa shape index (κ2) is 8.24. The molecule has 0 aliphatic heterocycles. The summed E-state index contributed by atoms with van der Waals surface area (Å²) in [6.07, 6.45) is 0.470. The third-order valence-electron chi connectivity index (χ3n) is 3.95. The summed E-state index contributed by atoms with van der Waals surface area (Å²) in [4.78, 5) is 24.3. The van der Waals surface area contributed by atoms with E-state index in [1.54, 1.807) is 26.0 Å². The van der Waals surface area contributed by atoms with Gasteiger partial charge >= 0.3 is 0 Å². The largest absolute Gasteiger partial charge is 0.508 e. The van der Waals surface area contributed by atoms with Gasteiger partial charge in [-0.1, -0.05) is 6.07 Å². The Morgan fingerprint density at radius 3 is 2.35 bits per heavy atom. The maximum Gasteiger partial charge on any atom is 0.251 e. The van der Waals surface area contributed by atoms with E-state index in [4.69, 9.17) is 0 Å². The third kappa shape index (κ3) is 4.89. The summed E-state index contributed by atoms with van der Waals surface area (Å²) in [7, 11) is 0. The van der Waals surface area contributed by atoms with Crippen molar-refractivity contribution in [3.05, 3.63) is 53.1 Å². The summed E-state index contributed by atoms with van der Waals surface area (Å²) >= 11 is 0. The van der Waals surface area contributed by atoms with Crippen LogP contribution >= 0.6 is 0 Å². The molecule has 2 rings (SSSR count). The highest BCUT2D eigenvalue weighted by molar-refractivity contribution is 5.97. The fraction of sp³-hybridized carbons (Fsp3) is 0.263. The number of benzene rings is 2. The summed E-state index contributed by atoms with van der Waals surface area (Å²) in [6, 6.07) is 8.20. The summed E-state index contributed by atoms with van der Waals surface area (Å²) in [6.45, 7) is 3.58. The maximum atomic E-state index is 12.2. The van der Waals surface area contributed by atoms with E-state index < -0.39 is 11.9 Å². The summed E-state index contributed by atoms with van der Waals surface area (Å²) in [5.41, 5.74) is 1.70. The van der Waals surface area contributed by atoms with Gasteiger partial charge in [-0.05, 0) is 61.7 Å². The molecule has 2 aromatic rings. The topological polar surface area (TPSA) is 119 Å². The Kier molecular flexibility index (Phi) is 6.06. The number of aromatic hydroxyl groups is 3. The van der Waals surface area contributed by atoms with Crippen molar-refractivity contribution in [2.24, 2.45) is 0 Å². The highest BCUT2D eigenvalue weighted by atomic mass is 16.3. The van der Waals surface area contributed by atoms with Crippen molar-refractivity contribution in [1.29, 1.82) is 0 Å². The number of carbonyl (C=O) groups excluding carboxylic acids is 2. The second-order valence-electron chi connectivity index (χ2n) is 6.06. The van der Waals surface area contributed by atoms with Crippen LogP contribution in [0.4, 0.5) is 0 Å². The molecule has 0 spiro atoms. The minimum atomic E-state index is -0.732. The monoisotopic (exact) mass is 358 g/mol. The lowest BCUT2D eigenvalue weighted by atomic mass is 10.1. The number of rotatable bonds is 6. The Balaban J connectivity index is 1.83. The molecule has 0 aliphatic rings. The molecule has 0 radical (unpaired) electrons. The van der Waals surface area contributed by atoms with Gasteiger partial charge in [0.15, 0.2) is 11.5 Å². The molecule has 1 unspecified atom stereocenters. The van der Waals surface area contributed by atoms with Crippen molar-refractivity contribution in [1.82, 2.24) is 10.6 Å². The predicted molar refractivity (Wildman–Crippen MR) is 96.3 cm³/mol. The smallest absolute Gasteiger partial charge is 0.251 e. The lowest BCUT2D eigenvalue weighted by Crippen LogP contribution is -2.45. The first-order valence-electron chi connectivity index (χ1n) is 8.17. The molecule has 0 aliphatic carbocycles. The number of nitrogens with one attached hydrogen (secondary N) is 2. The van der Waals surface area contributed by atoms with E-state index in [1.165, 1.54) is 24.3 Å². The van der Waals surface area contributed by atoms with Gasteiger partial charge in [-0.15, -0.1) is 0 Å². The Hall–Kier alpha value is -3.22. The van der Waals surface area contributed by atoms with Crippen molar-refractivity contribution < 1.29 is 24.9 Å². The van der Waals surface area contributed by atoms with Crippen LogP contribution < -0.4 is 10.6 Å². The van der Waals surface area contributed by atoms with E-state index in [-0.39, 0.29) is 23.2 Å². The molecule has 26 heavy (non-hydrogen) atoms. The molecule has 5 N–H and O–H groups in total. The first-order valence-corrected chi connectivity index (χ1v) is 8.17. The molecule has 0 aromatic heterocycles. The minimum Gasteiger partial charge on any atom is -0.508 e. The van der Waals surface area contributed by atoms with Crippen molar-refractivity contribution in [2.75, 3.05) is 6.54 Å². The van der Waals surface area contributed by atoms with Gasteiger partial charge in [0.25, 0.3) is 5.91 Å². The molecule has 0 fully saturated rings. The molecular weight excluding hydrogens is 336 g/mol. The molecule has 138 valence electrons. The zero-order valence-electron chi connectivity index (χ0n) is 14.6. The molecule has 2 aromatic carbocycles. The van der Waals surface area contributed by atoms with Crippen LogP contribution in [0.3, 0.4) is 0 Å². The molecule has 0 saturated carbocycles. The molecule has 2 amide bonds. The van der Waals surface area contributed by atoms with Gasteiger partial charge in [-0.25, -0.2) is 0 Å². The van der Waals surface area contributed by atoms with E-state index in [2.05, 4.69) is 10.6 Å². The van der Waals surface area contributed by atoms with Crippen LogP contribution in [0.15, 0.2) is 36.4 Å². The van der Waals surface area contributed by atoms with Crippen LogP contribution in [0.25, 0.3) is 0 Å². The zero-order chi connectivity index (χ0) is 19.3. The number of hydrogen-bond acceptors (Lipinski definition) is 5. The first-order chi connectivity index (χ1) is 12.3. The lowest BCUT2D eigenvalue weighted by molar-refractivity contribution is -0.122. The molecular formula is C19H22N2O5. The van der Waals surface area contributed by atoms with Gasteiger partial charge in [0, 0.05) is 12.1 Å². The number of aryl methyl sites for hydroxylation is 1. The highest BCUT2D eigenvalue weighted by Crippen LogP contribution is 2.24. The highest BCUT2D eigenvalue weighted by Gasteiger charge is 2.16. The maximum absolute atomic E-state index is 12.2. The fourth-order valence-electron chi connectivity index (χ4n) is 2.35. The quantitative estimate of drug-likeness (QED) is 0.503. The SMILES string of the molecule is Cc1cc(C(=O)NC(C)C(=O)NCCc2ccc(O)c(O)c2)ccc1O. The van der Waals surface area contributed by atoms with E-state index in [1.807, 2.05) is 0 Å². The molecule has 1 atom stereocenters. The second-order valence-corrected chi connectivity index (χ2v) is 6.06. The predicted octanol–water partition coefficient (Wildman–Crippen LogP) is 1.59. The summed E-state index contributed by atoms with van der Waals surface area (Å²) < 4.78 is 0. The van der Waals surface area contributed by atoms with E-state index in [9.17, 15) is 24.9 Å². The Labute approximate surface area is 151 Å². The Morgan fingerprint density at radius 2 is 1.69 bits per heavy atom. The summed E-state index contributed by atoms with van der Waals surface area (Å²) in [5.74, 6) is -1.04. The Morgan fingerprint density at radius 1 is 1.00 bits per heavy atom. The van der Waals surface area contributed by atoms with Gasteiger partial charge in [0.05, 0.1) is 0 Å². The number of phenols is 3. The Bertz CT molecular complexity index is 820. The number of phenolic OH excluding ortho intramolecular Hbond substituents is 3. The van der Waals surface area contributed by atoms with Crippen molar-refractivity contribution in [2.45, 2.75) is 26.3 Å². The molecule has 7 nitrogen and oxygen atoms in total. The average Bonchev–Trinajstić information content (AvgIpc) is 2.60. The van der Waals surface area contributed by atoms with Crippen molar-refractivity contribution in [3.63, 3.8) is 0 Å². The number of carbonyl (C=O) groups is 2. The summed E-state index contributed by atoms with van der Waals surface area (Å²) in [5, 5.41) is 33.5. The zero-order valence-corrected chi connectivity index (χ0v) is 14.6. The first kappa shape index (κ1) is 19.1. The third-order valence-corrected chi connectivity index (χ3v) is 3.95. The van der Waals surface area contributed by atoms with Crippen molar-refractivity contribution in [3.8, 4) is 17.2 Å². The number of amides is 2. The molecule has 7 heteroatoms. The van der Waals surface area contributed by atoms with Gasteiger partial charge in [0.1, 0.15) is 11.8 Å². The lowest BCUT2D eigenvalue weighted by Gasteiger charge is -2.14. The molecule has 0 saturated heterocycles. The van der Waals surface area contributed by atoms with Crippen LogP contribution in [-0.2, 0) is 11.2 Å². The van der Waals surface area contributed by atoms with Crippen LogP contribution in [0.2, 0.25) is 0 Å². The van der Waals surface area contributed by atoms with Gasteiger partial charge < -0.3 is 26.0 Å². The van der Waals surface area contributed by atoms with Crippen LogP contribution in [0.5, 0.6) is 17.2 Å². The molecule has 0 bridgehead atoms. The fourth-order valence-corrected chi connectivity index (χ4v) is 2.35. The van der Waals surface area contributed by atoms with Crippen LogP contribution in [0.1, 0.15) is 28.4 Å². The van der Waals surface area contributed by atoms with E-state index >= 15 is 0 Å². The molecule has 0 heterocycles. The van der Waals surface area contributed by atoms with Crippen LogP contribution in [-0.4, -0.2) is 39.7 Å². The van der Waals surface area contributed by atoms with Gasteiger partial charge in [0.2, 0.25) is 5.91 Å². The van der Waals surface area contributed by atoms with Gasteiger partial charge in [-0.3, -0.25) is 9.59 Å². The van der Waals surface area contributed by atoms with E-state index in [0.29, 0.717) is 24.1 Å². The standard InChI is InChI=1S/C19H22N2O5/c1-11-9-14(4-6-15(11)22)19(26)21-12(2)18(25)20-8-7-13-3-5-16(23)17(24)10-13/h3-6,9-10,12,22-24H,7-8H2,1-2H3,(H,20,25)(H,21,26). The average molecular weight is 358 g/mol. The van der Waals surface area contributed by atoms with Crippen molar-refractivity contribution >= 4 is 11.8 Å². The number of hydrogen-bond donors (Lipinski definition) is 5. The van der Waals surface area contributed by atoms with Crippen LogP contribution in [0, 0.1) is 6.92 Å². The van der Waals surface area contributed by atoms with E-state index in [0.717, 1.165) is 5.56 Å².